The van der Waals surface area contributed by atoms with Gasteiger partial charge in [-0.05, 0) is 43.0 Å². The molecular formula is C28H31N3O2. The van der Waals surface area contributed by atoms with E-state index in [-0.39, 0.29) is 23.3 Å². The van der Waals surface area contributed by atoms with Gasteiger partial charge in [0, 0.05) is 30.7 Å². The van der Waals surface area contributed by atoms with Crippen LogP contribution in [0.25, 0.3) is 0 Å². The Morgan fingerprint density at radius 3 is 2.00 bits per heavy atom. The number of piperidine rings is 1. The molecule has 4 rings (SSSR count). The van der Waals surface area contributed by atoms with Crippen LogP contribution in [0.1, 0.15) is 30.9 Å². The molecule has 1 fully saturated rings. The van der Waals surface area contributed by atoms with Crippen LogP contribution in [0.4, 0.5) is 10.5 Å². The summed E-state index contributed by atoms with van der Waals surface area (Å²) in [6, 6.07) is 29.8. The van der Waals surface area contributed by atoms with Crippen molar-refractivity contribution in [2.24, 2.45) is 5.92 Å². The summed E-state index contributed by atoms with van der Waals surface area (Å²) in [6.45, 7) is 3.75. The van der Waals surface area contributed by atoms with Crippen molar-refractivity contribution >= 4 is 17.6 Å². The molecule has 1 heterocycles. The number of benzene rings is 3. The Hall–Kier alpha value is -3.60. The SMILES string of the molecule is CC(CNC(=O)C1CCCN(C(=O)Nc2ccccc2)C1)(c1ccccc1)c1ccccc1. The van der Waals surface area contributed by atoms with Crippen LogP contribution in [0.15, 0.2) is 91.0 Å². The zero-order valence-corrected chi connectivity index (χ0v) is 19.0. The number of urea groups is 1. The summed E-state index contributed by atoms with van der Waals surface area (Å²) in [4.78, 5) is 27.6. The Bertz CT molecular complexity index is 1010. The second-order valence-corrected chi connectivity index (χ2v) is 8.86. The number of nitrogens with zero attached hydrogens (tertiary/aromatic N) is 1. The van der Waals surface area contributed by atoms with E-state index in [0.29, 0.717) is 19.6 Å². The van der Waals surface area contributed by atoms with E-state index in [2.05, 4.69) is 41.8 Å². The molecule has 0 aliphatic carbocycles. The average Bonchev–Trinajstić information content (AvgIpc) is 2.88. The van der Waals surface area contributed by atoms with E-state index in [9.17, 15) is 9.59 Å². The fraction of sp³-hybridized carbons (Fsp3) is 0.286. The molecule has 2 N–H and O–H groups in total. The fourth-order valence-corrected chi connectivity index (χ4v) is 4.49. The van der Waals surface area contributed by atoms with E-state index in [0.717, 1.165) is 29.7 Å². The first-order valence-electron chi connectivity index (χ1n) is 11.6. The van der Waals surface area contributed by atoms with Gasteiger partial charge in [-0.15, -0.1) is 0 Å². The van der Waals surface area contributed by atoms with Gasteiger partial charge in [0.25, 0.3) is 0 Å². The molecule has 1 unspecified atom stereocenters. The number of anilines is 1. The predicted molar refractivity (Wildman–Crippen MR) is 132 cm³/mol. The van der Waals surface area contributed by atoms with Gasteiger partial charge in [0.1, 0.15) is 0 Å². The van der Waals surface area contributed by atoms with Crippen LogP contribution >= 0.6 is 0 Å². The molecule has 0 saturated carbocycles. The van der Waals surface area contributed by atoms with Gasteiger partial charge >= 0.3 is 6.03 Å². The third-order valence-electron chi connectivity index (χ3n) is 6.54. The fourth-order valence-electron chi connectivity index (χ4n) is 4.49. The standard InChI is InChI=1S/C28H31N3O2/c1-28(23-13-5-2-6-14-23,24-15-7-3-8-16-24)21-29-26(32)22-12-11-19-31(20-22)27(33)30-25-17-9-4-10-18-25/h2-10,13-18,22H,11-12,19-21H2,1H3,(H,29,32)(H,30,33). The topological polar surface area (TPSA) is 61.4 Å². The molecule has 0 spiro atoms. The Balaban J connectivity index is 1.42. The quantitative estimate of drug-likeness (QED) is 0.562. The zero-order chi connectivity index (χ0) is 23.1. The van der Waals surface area contributed by atoms with Crippen molar-refractivity contribution in [3.8, 4) is 0 Å². The smallest absolute Gasteiger partial charge is 0.321 e. The molecule has 5 nitrogen and oxygen atoms in total. The van der Waals surface area contributed by atoms with Crippen LogP contribution in [-0.4, -0.2) is 36.5 Å². The second-order valence-electron chi connectivity index (χ2n) is 8.86. The van der Waals surface area contributed by atoms with Crippen LogP contribution in [0, 0.1) is 5.92 Å². The summed E-state index contributed by atoms with van der Waals surface area (Å²) in [5.74, 6) is -0.207. The number of nitrogens with one attached hydrogen (secondary N) is 2. The highest BCUT2D eigenvalue weighted by Gasteiger charge is 2.32. The number of hydrogen-bond donors (Lipinski definition) is 2. The van der Waals surface area contributed by atoms with E-state index in [1.807, 2.05) is 66.7 Å². The molecule has 0 radical (unpaired) electrons. The molecule has 3 aromatic rings. The summed E-state index contributed by atoms with van der Waals surface area (Å²) in [5, 5.41) is 6.13. The monoisotopic (exact) mass is 441 g/mol. The number of likely N-dealkylation sites (tertiary alicyclic amines) is 1. The van der Waals surface area contributed by atoms with Crippen LogP contribution in [-0.2, 0) is 10.2 Å². The van der Waals surface area contributed by atoms with E-state index in [1.54, 1.807) is 4.90 Å². The summed E-state index contributed by atoms with van der Waals surface area (Å²) < 4.78 is 0. The first kappa shape index (κ1) is 22.6. The minimum absolute atomic E-state index is 0.00491. The molecule has 1 aliphatic heterocycles. The normalized spacial score (nSPS) is 16.2. The lowest BCUT2D eigenvalue weighted by Crippen LogP contribution is -2.49. The molecule has 1 saturated heterocycles. The maximum absolute atomic E-state index is 13.2. The number of amides is 3. The lowest BCUT2D eigenvalue weighted by Gasteiger charge is -2.34. The van der Waals surface area contributed by atoms with Crippen LogP contribution in [0.2, 0.25) is 0 Å². The third kappa shape index (κ3) is 5.43. The number of rotatable bonds is 6. The molecule has 0 bridgehead atoms. The average molecular weight is 442 g/mol. The molecule has 170 valence electrons. The Labute approximate surface area is 195 Å². The van der Waals surface area contributed by atoms with Gasteiger partial charge in [-0.1, -0.05) is 78.9 Å². The van der Waals surface area contributed by atoms with Crippen molar-refractivity contribution in [1.82, 2.24) is 10.2 Å². The minimum atomic E-state index is -0.350. The second kappa shape index (κ2) is 10.3. The van der Waals surface area contributed by atoms with Crippen molar-refractivity contribution in [2.75, 3.05) is 25.0 Å². The summed E-state index contributed by atoms with van der Waals surface area (Å²) in [6.07, 6.45) is 1.60. The lowest BCUT2D eigenvalue weighted by atomic mass is 9.76. The maximum atomic E-state index is 13.2. The lowest BCUT2D eigenvalue weighted by molar-refractivity contribution is -0.126. The van der Waals surface area contributed by atoms with Crippen molar-refractivity contribution < 1.29 is 9.59 Å². The predicted octanol–water partition coefficient (Wildman–Crippen LogP) is 5.05. The first-order chi connectivity index (χ1) is 16.1. The highest BCUT2D eigenvalue weighted by atomic mass is 16.2. The van der Waals surface area contributed by atoms with Crippen molar-refractivity contribution in [3.63, 3.8) is 0 Å². The molecule has 33 heavy (non-hydrogen) atoms. The van der Waals surface area contributed by atoms with Crippen molar-refractivity contribution in [2.45, 2.75) is 25.2 Å². The third-order valence-corrected chi connectivity index (χ3v) is 6.54. The Morgan fingerprint density at radius 1 is 0.879 bits per heavy atom. The van der Waals surface area contributed by atoms with Gasteiger partial charge in [-0.25, -0.2) is 4.79 Å². The van der Waals surface area contributed by atoms with E-state index >= 15 is 0 Å². The van der Waals surface area contributed by atoms with Gasteiger partial charge in [-0.3, -0.25) is 4.79 Å². The molecule has 3 aromatic carbocycles. The van der Waals surface area contributed by atoms with Crippen molar-refractivity contribution in [1.29, 1.82) is 0 Å². The number of hydrogen-bond acceptors (Lipinski definition) is 2. The summed E-state index contributed by atoms with van der Waals surface area (Å²) >= 11 is 0. The number of para-hydroxylation sites is 1. The molecule has 1 aliphatic rings. The van der Waals surface area contributed by atoms with Gasteiger partial charge < -0.3 is 15.5 Å². The molecule has 5 heteroatoms. The highest BCUT2D eigenvalue weighted by Crippen LogP contribution is 2.31. The maximum Gasteiger partial charge on any atom is 0.321 e. The van der Waals surface area contributed by atoms with E-state index in [4.69, 9.17) is 0 Å². The van der Waals surface area contributed by atoms with Crippen molar-refractivity contribution in [3.05, 3.63) is 102 Å². The summed E-state index contributed by atoms with van der Waals surface area (Å²) in [5.41, 5.74) is 2.72. The molecular weight excluding hydrogens is 410 g/mol. The summed E-state index contributed by atoms with van der Waals surface area (Å²) in [7, 11) is 0. The minimum Gasteiger partial charge on any atom is -0.355 e. The molecule has 3 amide bonds. The van der Waals surface area contributed by atoms with E-state index < -0.39 is 0 Å². The zero-order valence-electron chi connectivity index (χ0n) is 19.0. The van der Waals surface area contributed by atoms with Gasteiger partial charge in [0.05, 0.1) is 5.92 Å². The van der Waals surface area contributed by atoms with Crippen LogP contribution in [0.3, 0.4) is 0 Å². The largest absolute Gasteiger partial charge is 0.355 e. The number of carbonyl (C=O) groups excluding carboxylic acids is 2. The van der Waals surface area contributed by atoms with E-state index in [1.165, 1.54) is 0 Å². The van der Waals surface area contributed by atoms with Crippen LogP contribution in [0.5, 0.6) is 0 Å². The Morgan fingerprint density at radius 2 is 1.42 bits per heavy atom. The highest BCUT2D eigenvalue weighted by molar-refractivity contribution is 5.90. The number of carbonyl (C=O) groups is 2. The Kier molecular flexibility index (Phi) is 7.08. The molecule has 0 aromatic heterocycles. The molecule has 1 atom stereocenters. The first-order valence-corrected chi connectivity index (χ1v) is 11.6. The van der Waals surface area contributed by atoms with Gasteiger partial charge in [-0.2, -0.15) is 0 Å². The van der Waals surface area contributed by atoms with Gasteiger partial charge in [0.15, 0.2) is 0 Å². The van der Waals surface area contributed by atoms with Gasteiger partial charge in [0.2, 0.25) is 5.91 Å². The van der Waals surface area contributed by atoms with Crippen LogP contribution < -0.4 is 10.6 Å².